The third kappa shape index (κ3) is 3.55. The maximum atomic E-state index is 12.3. The van der Waals surface area contributed by atoms with Crippen LogP contribution in [0.1, 0.15) is 28.8 Å². The van der Waals surface area contributed by atoms with Gasteiger partial charge in [-0.1, -0.05) is 6.07 Å². The maximum absolute atomic E-state index is 12.3. The fraction of sp³-hybridized carbons (Fsp3) is 0.467. The van der Waals surface area contributed by atoms with Gasteiger partial charge < -0.3 is 9.64 Å². The first-order chi connectivity index (χ1) is 9.20. The van der Waals surface area contributed by atoms with Crippen LogP contribution in [0.25, 0.3) is 0 Å². The summed E-state index contributed by atoms with van der Waals surface area (Å²) in [5.41, 5.74) is 1.08. The quantitative estimate of drug-likeness (QED) is 0.833. The molecule has 0 saturated carbocycles. The van der Waals surface area contributed by atoms with Crippen molar-refractivity contribution in [3.05, 3.63) is 35.4 Å². The Labute approximate surface area is 113 Å². The molecule has 1 unspecified atom stereocenters. The molecule has 0 bridgehead atoms. The van der Waals surface area contributed by atoms with E-state index in [1.807, 2.05) is 0 Å². The second-order valence-electron chi connectivity index (χ2n) is 4.96. The van der Waals surface area contributed by atoms with Gasteiger partial charge in [0.2, 0.25) is 0 Å². The second-order valence-corrected chi connectivity index (χ2v) is 4.96. The van der Waals surface area contributed by atoms with Crippen molar-refractivity contribution < 1.29 is 9.53 Å². The van der Waals surface area contributed by atoms with Gasteiger partial charge >= 0.3 is 0 Å². The van der Waals surface area contributed by atoms with E-state index in [0.717, 1.165) is 26.1 Å². The van der Waals surface area contributed by atoms with Crippen LogP contribution in [0.4, 0.5) is 0 Å². The molecule has 100 valence electrons. The third-order valence-corrected chi connectivity index (χ3v) is 3.37. The SMILES string of the molecule is CN(CC1CCCOC1)C(=O)c1cccc(C#N)c1. The van der Waals surface area contributed by atoms with E-state index in [-0.39, 0.29) is 5.91 Å². The molecule has 1 atom stereocenters. The van der Waals surface area contributed by atoms with E-state index in [0.29, 0.717) is 23.6 Å². The zero-order valence-electron chi connectivity index (χ0n) is 11.1. The molecule has 0 aliphatic carbocycles. The topological polar surface area (TPSA) is 53.3 Å². The van der Waals surface area contributed by atoms with Crippen LogP contribution in [0.5, 0.6) is 0 Å². The van der Waals surface area contributed by atoms with E-state index in [4.69, 9.17) is 10.00 Å². The molecular formula is C15H18N2O2. The molecule has 1 aliphatic rings. The van der Waals surface area contributed by atoms with E-state index < -0.39 is 0 Å². The van der Waals surface area contributed by atoms with Gasteiger partial charge in [0.15, 0.2) is 0 Å². The van der Waals surface area contributed by atoms with Crippen molar-refractivity contribution in [2.45, 2.75) is 12.8 Å². The molecule has 1 aromatic carbocycles. The van der Waals surface area contributed by atoms with Gasteiger partial charge in [-0.2, -0.15) is 5.26 Å². The number of hydrogen-bond acceptors (Lipinski definition) is 3. The summed E-state index contributed by atoms with van der Waals surface area (Å²) in [5.74, 6) is 0.379. The molecule has 4 nitrogen and oxygen atoms in total. The fourth-order valence-electron chi connectivity index (χ4n) is 2.36. The Balaban J connectivity index is 1.99. The van der Waals surface area contributed by atoms with Crippen molar-refractivity contribution >= 4 is 5.91 Å². The first kappa shape index (κ1) is 13.6. The van der Waals surface area contributed by atoms with Crippen LogP contribution in [0.2, 0.25) is 0 Å². The van der Waals surface area contributed by atoms with Crippen molar-refractivity contribution in [3.8, 4) is 6.07 Å². The summed E-state index contributed by atoms with van der Waals surface area (Å²) in [6.07, 6.45) is 2.17. The van der Waals surface area contributed by atoms with Gasteiger partial charge in [0.25, 0.3) is 5.91 Å². The lowest BCUT2D eigenvalue weighted by atomic mass is 10.0. The predicted molar refractivity (Wildman–Crippen MR) is 71.7 cm³/mol. The number of carbonyl (C=O) groups excluding carboxylic acids is 1. The van der Waals surface area contributed by atoms with Crippen molar-refractivity contribution in [1.29, 1.82) is 5.26 Å². The molecule has 1 saturated heterocycles. The lowest BCUT2D eigenvalue weighted by Gasteiger charge is -2.27. The number of amides is 1. The molecule has 1 heterocycles. The summed E-state index contributed by atoms with van der Waals surface area (Å²) in [6, 6.07) is 8.87. The maximum Gasteiger partial charge on any atom is 0.253 e. The predicted octanol–water partition coefficient (Wildman–Crippen LogP) is 2.06. The Morgan fingerprint density at radius 3 is 3.11 bits per heavy atom. The third-order valence-electron chi connectivity index (χ3n) is 3.37. The van der Waals surface area contributed by atoms with Crippen molar-refractivity contribution in [3.63, 3.8) is 0 Å². The van der Waals surface area contributed by atoms with Gasteiger partial charge in [-0.25, -0.2) is 0 Å². The van der Waals surface area contributed by atoms with Gasteiger partial charge in [-0.05, 0) is 37.0 Å². The van der Waals surface area contributed by atoms with Crippen molar-refractivity contribution in [2.75, 3.05) is 26.8 Å². The first-order valence-corrected chi connectivity index (χ1v) is 6.54. The Kier molecular flexibility index (Phi) is 4.53. The van der Waals surface area contributed by atoms with Crippen LogP contribution in [0, 0.1) is 17.2 Å². The highest BCUT2D eigenvalue weighted by atomic mass is 16.5. The average Bonchev–Trinajstić information content (AvgIpc) is 2.47. The molecular weight excluding hydrogens is 240 g/mol. The minimum atomic E-state index is -0.0392. The molecule has 1 amide bonds. The molecule has 0 aromatic heterocycles. The summed E-state index contributed by atoms with van der Waals surface area (Å²) < 4.78 is 5.42. The highest BCUT2D eigenvalue weighted by Crippen LogP contribution is 2.16. The van der Waals surface area contributed by atoms with Gasteiger partial charge in [0, 0.05) is 25.8 Å². The molecule has 0 spiro atoms. The van der Waals surface area contributed by atoms with Gasteiger partial charge in [-0.15, -0.1) is 0 Å². The number of nitrogens with zero attached hydrogens (tertiary/aromatic N) is 2. The number of rotatable bonds is 3. The monoisotopic (exact) mass is 258 g/mol. The zero-order chi connectivity index (χ0) is 13.7. The number of benzene rings is 1. The summed E-state index contributed by atoms with van der Waals surface area (Å²) in [7, 11) is 1.80. The highest BCUT2D eigenvalue weighted by molar-refractivity contribution is 5.94. The summed E-state index contributed by atoms with van der Waals surface area (Å²) in [6.45, 7) is 2.27. The average molecular weight is 258 g/mol. The number of hydrogen-bond donors (Lipinski definition) is 0. The second kappa shape index (κ2) is 6.35. The van der Waals surface area contributed by atoms with Crippen molar-refractivity contribution in [2.24, 2.45) is 5.92 Å². The Bertz CT molecular complexity index is 487. The Morgan fingerprint density at radius 2 is 2.42 bits per heavy atom. The van der Waals surface area contributed by atoms with Crippen LogP contribution in [0.15, 0.2) is 24.3 Å². The van der Waals surface area contributed by atoms with Crippen LogP contribution in [-0.2, 0) is 4.74 Å². The van der Waals surface area contributed by atoms with E-state index in [1.54, 1.807) is 36.2 Å². The summed E-state index contributed by atoms with van der Waals surface area (Å²) in [4.78, 5) is 14.0. The molecule has 19 heavy (non-hydrogen) atoms. The summed E-state index contributed by atoms with van der Waals surface area (Å²) in [5, 5.41) is 8.85. The molecule has 0 N–H and O–H groups in total. The normalized spacial score (nSPS) is 18.6. The van der Waals surface area contributed by atoms with E-state index in [9.17, 15) is 4.79 Å². The molecule has 1 aromatic rings. The van der Waals surface area contributed by atoms with Crippen LogP contribution in [0.3, 0.4) is 0 Å². The number of ether oxygens (including phenoxy) is 1. The molecule has 0 radical (unpaired) electrons. The van der Waals surface area contributed by atoms with Crippen LogP contribution >= 0.6 is 0 Å². The Morgan fingerprint density at radius 1 is 1.58 bits per heavy atom. The van der Waals surface area contributed by atoms with Gasteiger partial charge in [0.1, 0.15) is 0 Å². The van der Waals surface area contributed by atoms with Crippen LogP contribution < -0.4 is 0 Å². The van der Waals surface area contributed by atoms with E-state index in [1.165, 1.54) is 0 Å². The summed E-state index contributed by atoms with van der Waals surface area (Å²) >= 11 is 0. The van der Waals surface area contributed by atoms with Gasteiger partial charge in [0.05, 0.1) is 18.2 Å². The first-order valence-electron chi connectivity index (χ1n) is 6.54. The minimum absolute atomic E-state index is 0.0392. The largest absolute Gasteiger partial charge is 0.381 e. The minimum Gasteiger partial charge on any atom is -0.381 e. The zero-order valence-corrected chi connectivity index (χ0v) is 11.1. The lowest BCUT2D eigenvalue weighted by Crippen LogP contribution is -2.35. The van der Waals surface area contributed by atoms with E-state index >= 15 is 0 Å². The number of carbonyl (C=O) groups is 1. The van der Waals surface area contributed by atoms with Gasteiger partial charge in [-0.3, -0.25) is 4.79 Å². The lowest BCUT2D eigenvalue weighted by molar-refractivity contribution is 0.0388. The standard InChI is InChI=1S/C15H18N2O2/c1-17(10-13-5-3-7-19-11-13)15(18)14-6-2-4-12(8-14)9-16/h2,4,6,8,13H,3,5,7,10-11H2,1H3. The smallest absolute Gasteiger partial charge is 0.253 e. The highest BCUT2D eigenvalue weighted by Gasteiger charge is 2.19. The fourth-order valence-corrected chi connectivity index (χ4v) is 2.36. The molecule has 4 heteroatoms. The molecule has 2 rings (SSSR count). The Hall–Kier alpha value is -1.86. The van der Waals surface area contributed by atoms with E-state index in [2.05, 4.69) is 6.07 Å². The van der Waals surface area contributed by atoms with Crippen LogP contribution in [-0.4, -0.2) is 37.6 Å². The molecule has 1 aliphatic heterocycles. The van der Waals surface area contributed by atoms with Crippen molar-refractivity contribution in [1.82, 2.24) is 4.90 Å². The molecule has 1 fully saturated rings. The number of nitriles is 1.